The maximum atomic E-state index is 12.9. The van der Waals surface area contributed by atoms with Crippen LogP contribution in [0, 0.1) is 0 Å². The van der Waals surface area contributed by atoms with Gasteiger partial charge < -0.3 is 14.2 Å². The Morgan fingerprint density at radius 3 is 0.985 bits per heavy atom. The molecule has 6 heteroatoms. The first kappa shape index (κ1) is 64.8. The van der Waals surface area contributed by atoms with Gasteiger partial charge in [0.1, 0.15) is 13.2 Å². The van der Waals surface area contributed by atoms with Gasteiger partial charge in [0.15, 0.2) is 6.10 Å². The van der Waals surface area contributed by atoms with Gasteiger partial charge in [-0.25, -0.2) is 0 Å². The highest BCUT2D eigenvalue weighted by atomic mass is 16.6. The van der Waals surface area contributed by atoms with E-state index in [-0.39, 0.29) is 31.1 Å². The van der Waals surface area contributed by atoms with Crippen molar-refractivity contribution in [2.75, 3.05) is 13.2 Å². The molecule has 0 saturated heterocycles. The van der Waals surface area contributed by atoms with Gasteiger partial charge in [0.2, 0.25) is 0 Å². The van der Waals surface area contributed by atoms with E-state index in [1.165, 1.54) is 135 Å². The van der Waals surface area contributed by atoms with E-state index in [2.05, 4.69) is 93.7 Å². The second-order valence-electron chi connectivity index (χ2n) is 19.2. The number of carbonyl (C=O) groups excluding carboxylic acids is 3. The molecule has 0 aromatic rings. The zero-order chi connectivity index (χ0) is 49.3. The Balaban J connectivity index is 4.41. The molecular weight excluding hydrogens is 841 g/mol. The van der Waals surface area contributed by atoms with Gasteiger partial charge in [-0.3, -0.25) is 14.4 Å². The number of rotatable bonds is 52. The molecule has 0 saturated carbocycles. The average molecular weight is 950 g/mol. The Bertz CT molecular complexity index is 1270. The minimum Gasteiger partial charge on any atom is -0.462 e. The fraction of sp³-hybridized carbons (Fsp3) is 0.758. The molecule has 0 rings (SSSR count). The predicted octanol–water partition coefficient (Wildman–Crippen LogP) is 19.4. The smallest absolute Gasteiger partial charge is 0.306 e. The van der Waals surface area contributed by atoms with Gasteiger partial charge in [-0.05, 0) is 83.5 Å². The van der Waals surface area contributed by atoms with Crippen molar-refractivity contribution in [3.63, 3.8) is 0 Å². The number of hydrogen-bond donors (Lipinski definition) is 0. The largest absolute Gasteiger partial charge is 0.462 e. The van der Waals surface area contributed by atoms with Crippen molar-refractivity contribution in [3.8, 4) is 0 Å². The standard InChI is InChI=1S/C62H108O6/c1-4-7-10-13-16-19-22-25-27-29-31-33-34-37-40-43-46-49-52-55-61(64)67-58-59(57-66-60(63)54-51-48-45-42-39-36-24-21-18-15-12-9-6-3)68-62(65)56-53-50-47-44-41-38-35-32-30-28-26-23-20-17-14-11-8-5-2/h7,10,16,19,25,27-28,30-33,35,59H,4-6,8-9,11-15,17-18,20-24,26,29,34,36-58H2,1-3H3/b10-7-,19-16-,27-25-,30-28-,33-31-,35-32-. The van der Waals surface area contributed by atoms with E-state index in [9.17, 15) is 14.4 Å². The van der Waals surface area contributed by atoms with E-state index in [0.717, 1.165) is 109 Å². The van der Waals surface area contributed by atoms with Crippen molar-refractivity contribution in [3.05, 3.63) is 72.9 Å². The lowest BCUT2D eigenvalue weighted by molar-refractivity contribution is -0.167. The third kappa shape index (κ3) is 53.8. The van der Waals surface area contributed by atoms with Crippen molar-refractivity contribution < 1.29 is 28.6 Å². The molecule has 1 unspecified atom stereocenters. The van der Waals surface area contributed by atoms with E-state index < -0.39 is 6.10 Å². The minimum atomic E-state index is -0.788. The molecule has 392 valence electrons. The minimum absolute atomic E-state index is 0.0843. The van der Waals surface area contributed by atoms with Crippen LogP contribution in [0.3, 0.4) is 0 Å². The second kappa shape index (κ2) is 56.4. The van der Waals surface area contributed by atoms with Gasteiger partial charge in [0.05, 0.1) is 0 Å². The first-order valence-electron chi connectivity index (χ1n) is 29.0. The van der Waals surface area contributed by atoms with Crippen molar-refractivity contribution in [1.82, 2.24) is 0 Å². The molecule has 1 atom stereocenters. The summed E-state index contributed by atoms with van der Waals surface area (Å²) < 4.78 is 16.9. The summed E-state index contributed by atoms with van der Waals surface area (Å²) in [7, 11) is 0. The summed E-state index contributed by atoms with van der Waals surface area (Å²) in [5.41, 5.74) is 0. The quantitative estimate of drug-likeness (QED) is 0.0199. The van der Waals surface area contributed by atoms with Crippen LogP contribution < -0.4 is 0 Å². The molecule has 0 amide bonds. The molecule has 0 heterocycles. The van der Waals surface area contributed by atoms with Crippen LogP contribution in [0.15, 0.2) is 72.9 Å². The molecule has 0 aromatic heterocycles. The van der Waals surface area contributed by atoms with Crippen molar-refractivity contribution in [1.29, 1.82) is 0 Å². The summed E-state index contributed by atoms with van der Waals surface area (Å²) >= 11 is 0. The summed E-state index contributed by atoms with van der Waals surface area (Å²) in [5, 5.41) is 0. The third-order valence-corrected chi connectivity index (χ3v) is 12.5. The first-order valence-corrected chi connectivity index (χ1v) is 29.0. The number of esters is 3. The number of hydrogen-bond acceptors (Lipinski definition) is 6. The molecular formula is C62H108O6. The molecule has 0 aliphatic rings. The molecule has 0 aliphatic heterocycles. The summed E-state index contributed by atoms with van der Waals surface area (Å²) in [6.45, 7) is 6.52. The summed E-state index contributed by atoms with van der Waals surface area (Å²) in [6.07, 6.45) is 71.7. The van der Waals surface area contributed by atoms with Crippen LogP contribution in [0.25, 0.3) is 0 Å². The summed E-state index contributed by atoms with van der Waals surface area (Å²) in [5.74, 6) is -0.905. The van der Waals surface area contributed by atoms with Crippen LogP contribution in [0.2, 0.25) is 0 Å². The lowest BCUT2D eigenvalue weighted by Crippen LogP contribution is -2.30. The van der Waals surface area contributed by atoms with Crippen molar-refractivity contribution in [2.24, 2.45) is 0 Å². The van der Waals surface area contributed by atoms with Crippen LogP contribution >= 0.6 is 0 Å². The van der Waals surface area contributed by atoms with Crippen LogP contribution in [0.5, 0.6) is 0 Å². The van der Waals surface area contributed by atoms with Crippen LogP contribution in [0.1, 0.15) is 284 Å². The van der Waals surface area contributed by atoms with Crippen LogP contribution in [0.4, 0.5) is 0 Å². The van der Waals surface area contributed by atoms with E-state index >= 15 is 0 Å². The fourth-order valence-electron chi connectivity index (χ4n) is 8.13. The Morgan fingerprint density at radius 2 is 0.618 bits per heavy atom. The van der Waals surface area contributed by atoms with Crippen LogP contribution in [-0.2, 0) is 28.6 Å². The third-order valence-electron chi connectivity index (χ3n) is 12.5. The van der Waals surface area contributed by atoms with Gasteiger partial charge in [-0.1, -0.05) is 254 Å². The predicted molar refractivity (Wildman–Crippen MR) is 293 cm³/mol. The SMILES string of the molecule is CC/C=C\C/C=C\C/C=C\C/C=C\CCCCCCCCC(=O)OCC(COC(=O)CCCCCCCCCCCCCCC)OC(=O)CCCCCCC/C=C\C=C/CCCCCCCCC. The lowest BCUT2D eigenvalue weighted by Gasteiger charge is -2.18. The van der Waals surface area contributed by atoms with E-state index in [0.29, 0.717) is 19.3 Å². The lowest BCUT2D eigenvalue weighted by atomic mass is 10.0. The van der Waals surface area contributed by atoms with E-state index in [1.54, 1.807) is 0 Å². The number of unbranched alkanes of at least 4 members (excludes halogenated alkanes) is 30. The molecule has 0 aliphatic carbocycles. The normalized spacial score (nSPS) is 12.6. The maximum Gasteiger partial charge on any atom is 0.306 e. The molecule has 68 heavy (non-hydrogen) atoms. The Morgan fingerprint density at radius 1 is 0.324 bits per heavy atom. The van der Waals surface area contributed by atoms with Gasteiger partial charge in [-0.2, -0.15) is 0 Å². The molecule has 0 fully saturated rings. The van der Waals surface area contributed by atoms with Gasteiger partial charge in [0, 0.05) is 19.3 Å². The van der Waals surface area contributed by atoms with E-state index in [4.69, 9.17) is 14.2 Å². The average Bonchev–Trinajstić information content (AvgIpc) is 3.34. The van der Waals surface area contributed by atoms with Gasteiger partial charge in [-0.15, -0.1) is 0 Å². The second-order valence-corrected chi connectivity index (χ2v) is 19.2. The molecule has 0 spiro atoms. The Labute approximate surface area is 421 Å². The zero-order valence-electron chi connectivity index (χ0n) is 44.9. The Hall–Kier alpha value is -3.15. The molecule has 0 bridgehead atoms. The number of carbonyl (C=O) groups is 3. The molecule has 0 N–H and O–H groups in total. The highest BCUT2D eigenvalue weighted by molar-refractivity contribution is 5.71. The van der Waals surface area contributed by atoms with Crippen molar-refractivity contribution >= 4 is 17.9 Å². The summed E-state index contributed by atoms with van der Waals surface area (Å²) in [6, 6.07) is 0. The fourth-order valence-corrected chi connectivity index (χ4v) is 8.13. The topological polar surface area (TPSA) is 78.9 Å². The van der Waals surface area contributed by atoms with Crippen molar-refractivity contribution in [2.45, 2.75) is 290 Å². The number of allylic oxidation sites excluding steroid dienone is 12. The van der Waals surface area contributed by atoms with E-state index in [1.807, 2.05) is 0 Å². The highest BCUT2D eigenvalue weighted by Gasteiger charge is 2.19. The van der Waals surface area contributed by atoms with Crippen LogP contribution in [-0.4, -0.2) is 37.2 Å². The van der Waals surface area contributed by atoms with Gasteiger partial charge in [0.25, 0.3) is 0 Å². The summed E-state index contributed by atoms with van der Waals surface area (Å²) in [4.78, 5) is 38.2. The maximum absolute atomic E-state index is 12.9. The van der Waals surface area contributed by atoms with Gasteiger partial charge >= 0.3 is 17.9 Å². The highest BCUT2D eigenvalue weighted by Crippen LogP contribution is 2.15. The molecule has 0 radical (unpaired) electrons. The first-order chi connectivity index (χ1) is 33.5. The Kier molecular flexibility index (Phi) is 53.8. The molecule has 6 nitrogen and oxygen atoms in total. The zero-order valence-corrected chi connectivity index (χ0v) is 44.9. The molecule has 0 aromatic carbocycles. The number of ether oxygens (including phenoxy) is 3. The monoisotopic (exact) mass is 949 g/mol.